The first kappa shape index (κ1) is 18.7. The van der Waals surface area contributed by atoms with E-state index < -0.39 is 0 Å². The molecule has 0 saturated carbocycles. The SMILES string of the molecule is CCCNc1nc(NCCc2ccc(OC)cc2)cc(-c2ccccc2)n1. The van der Waals surface area contributed by atoms with Crippen LogP contribution in [0.3, 0.4) is 0 Å². The van der Waals surface area contributed by atoms with E-state index in [0.29, 0.717) is 5.95 Å². The molecule has 0 fully saturated rings. The van der Waals surface area contributed by atoms with Crippen LogP contribution >= 0.6 is 0 Å². The number of rotatable bonds is 9. The van der Waals surface area contributed by atoms with Crippen LogP contribution in [0.4, 0.5) is 11.8 Å². The van der Waals surface area contributed by atoms with Crippen LogP contribution in [0.1, 0.15) is 18.9 Å². The van der Waals surface area contributed by atoms with E-state index in [4.69, 9.17) is 4.74 Å². The van der Waals surface area contributed by atoms with E-state index in [1.807, 2.05) is 36.4 Å². The zero-order valence-corrected chi connectivity index (χ0v) is 15.9. The van der Waals surface area contributed by atoms with E-state index >= 15 is 0 Å². The molecule has 2 aromatic carbocycles. The van der Waals surface area contributed by atoms with Gasteiger partial charge in [-0.05, 0) is 30.5 Å². The molecule has 0 amide bonds. The third-order valence-corrected chi connectivity index (χ3v) is 4.21. The Morgan fingerprint density at radius 1 is 0.889 bits per heavy atom. The number of anilines is 2. The van der Waals surface area contributed by atoms with Crippen molar-refractivity contribution < 1.29 is 4.74 Å². The Kier molecular flexibility index (Phi) is 6.63. The second-order valence-electron chi connectivity index (χ2n) is 6.28. The molecule has 0 aliphatic rings. The number of aromatic nitrogens is 2. The molecule has 0 radical (unpaired) electrons. The fourth-order valence-electron chi connectivity index (χ4n) is 2.74. The minimum absolute atomic E-state index is 0.658. The summed E-state index contributed by atoms with van der Waals surface area (Å²) in [4.78, 5) is 9.25. The zero-order valence-electron chi connectivity index (χ0n) is 15.9. The highest BCUT2D eigenvalue weighted by molar-refractivity contribution is 5.64. The summed E-state index contributed by atoms with van der Waals surface area (Å²) in [5.74, 6) is 2.36. The topological polar surface area (TPSA) is 59.1 Å². The summed E-state index contributed by atoms with van der Waals surface area (Å²) >= 11 is 0. The fourth-order valence-corrected chi connectivity index (χ4v) is 2.74. The van der Waals surface area contributed by atoms with Crippen molar-refractivity contribution in [3.05, 3.63) is 66.2 Å². The minimum Gasteiger partial charge on any atom is -0.497 e. The Labute approximate surface area is 160 Å². The fraction of sp³-hybridized carbons (Fsp3) is 0.273. The van der Waals surface area contributed by atoms with Gasteiger partial charge >= 0.3 is 0 Å². The van der Waals surface area contributed by atoms with Gasteiger partial charge in [0.15, 0.2) is 0 Å². The van der Waals surface area contributed by atoms with Crippen molar-refractivity contribution in [3.63, 3.8) is 0 Å². The van der Waals surface area contributed by atoms with Crippen molar-refractivity contribution in [2.75, 3.05) is 30.8 Å². The normalized spacial score (nSPS) is 10.4. The molecule has 1 aromatic heterocycles. The van der Waals surface area contributed by atoms with Crippen LogP contribution in [-0.2, 0) is 6.42 Å². The molecule has 27 heavy (non-hydrogen) atoms. The summed E-state index contributed by atoms with van der Waals surface area (Å²) in [5.41, 5.74) is 3.25. The summed E-state index contributed by atoms with van der Waals surface area (Å²) < 4.78 is 5.20. The Hall–Kier alpha value is -3.08. The lowest BCUT2D eigenvalue weighted by Gasteiger charge is -2.11. The van der Waals surface area contributed by atoms with Gasteiger partial charge in [-0.15, -0.1) is 0 Å². The predicted molar refractivity (Wildman–Crippen MR) is 111 cm³/mol. The maximum atomic E-state index is 5.20. The Balaban J connectivity index is 1.70. The number of benzene rings is 2. The first-order chi connectivity index (χ1) is 13.3. The number of hydrogen-bond acceptors (Lipinski definition) is 5. The summed E-state index contributed by atoms with van der Waals surface area (Å²) in [6.07, 6.45) is 1.94. The summed E-state index contributed by atoms with van der Waals surface area (Å²) in [5, 5.41) is 6.72. The van der Waals surface area contributed by atoms with Crippen molar-refractivity contribution in [3.8, 4) is 17.0 Å². The average Bonchev–Trinajstić information content (AvgIpc) is 2.73. The monoisotopic (exact) mass is 362 g/mol. The molecule has 5 nitrogen and oxygen atoms in total. The van der Waals surface area contributed by atoms with Crippen molar-refractivity contribution >= 4 is 11.8 Å². The van der Waals surface area contributed by atoms with Crippen molar-refractivity contribution in [2.24, 2.45) is 0 Å². The predicted octanol–water partition coefficient (Wildman–Crippen LogP) is 4.63. The van der Waals surface area contributed by atoms with E-state index in [0.717, 1.165) is 48.8 Å². The van der Waals surface area contributed by atoms with Crippen molar-refractivity contribution in [1.82, 2.24) is 9.97 Å². The molecule has 0 aliphatic carbocycles. The van der Waals surface area contributed by atoms with Crippen LogP contribution in [0.2, 0.25) is 0 Å². The van der Waals surface area contributed by atoms with Gasteiger partial charge in [0, 0.05) is 24.7 Å². The number of ether oxygens (including phenoxy) is 1. The summed E-state index contributed by atoms with van der Waals surface area (Å²) in [7, 11) is 1.68. The molecule has 3 rings (SSSR count). The second kappa shape index (κ2) is 9.57. The Morgan fingerprint density at radius 3 is 2.37 bits per heavy atom. The van der Waals surface area contributed by atoms with Gasteiger partial charge in [-0.2, -0.15) is 4.98 Å². The molecular weight excluding hydrogens is 336 g/mol. The van der Waals surface area contributed by atoms with Crippen molar-refractivity contribution in [2.45, 2.75) is 19.8 Å². The highest BCUT2D eigenvalue weighted by Gasteiger charge is 2.06. The summed E-state index contributed by atoms with van der Waals surface area (Å²) in [6.45, 7) is 3.77. The van der Waals surface area contributed by atoms with Crippen LogP contribution in [0.15, 0.2) is 60.7 Å². The summed E-state index contributed by atoms with van der Waals surface area (Å²) in [6, 6.07) is 20.3. The van der Waals surface area contributed by atoms with Crippen LogP contribution in [0.25, 0.3) is 11.3 Å². The lowest BCUT2D eigenvalue weighted by molar-refractivity contribution is 0.414. The van der Waals surface area contributed by atoms with Gasteiger partial charge in [0.2, 0.25) is 5.95 Å². The molecule has 5 heteroatoms. The second-order valence-corrected chi connectivity index (χ2v) is 6.28. The van der Waals surface area contributed by atoms with Gasteiger partial charge in [0.25, 0.3) is 0 Å². The Morgan fingerprint density at radius 2 is 1.67 bits per heavy atom. The first-order valence-corrected chi connectivity index (χ1v) is 9.33. The zero-order chi connectivity index (χ0) is 18.9. The smallest absolute Gasteiger partial charge is 0.225 e. The molecule has 0 saturated heterocycles. The minimum atomic E-state index is 0.658. The molecule has 3 aromatic rings. The van der Waals surface area contributed by atoms with E-state index in [2.05, 4.69) is 51.8 Å². The molecule has 0 aliphatic heterocycles. The molecular formula is C22H26N4O. The van der Waals surface area contributed by atoms with E-state index in [1.54, 1.807) is 7.11 Å². The third-order valence-electron chi connectivity index (χ3n) is 4.21. The molecule has 1 heterocycles. The first-order valence-electron chi connectivity index (χ1n) is 9.33. The number of methoxy groups -OCH3 is 1. The molecule has 0 spiro atoms. The molecule has 0 atom stereocenters. The highest BCUT2D eigenvalue weighted by atomic mass is 16.5. The molecule has 0 unspecified atom stereocenters. The number of nitrogens with one attached hydrogen (secondary N) is 2. The van der Waals surface area contributed by atoms with Crippen LogP contribution in [-0.4, -0.2) is 30.2 Å². The van der Waals surface area contributed by atoms with Crippen LogP contribution in [0.5, 0.6) is 5.75 Å². The maximum Gasteiger partial charge on any atom is 0.225 e. The standard InChI is InChI=1S/C22H26N4O/c1-3-14-24-22-25-20(18-7-5-4-6-8-18)16-21(26-22)23-15-13-17-9-11-19(27-2)12-10-17/h4-12,16H,3,13-15H2,1-2H3,(H2,23,24,25,26). The van der Waals surface area contributed by atoms with E-state index in [-0.39, 0.29) is 0 Å². The van der Waals surface area contributed by atoms with Gasteiger partial charge in [-0.3, -0.25) is 0 Å². The largest absolute Gasteiger partial charge is 0.497 e. The van der Waals surface area contributed by atoms with E-state index in [9.17, 15) is 0 Å². The third kappa shape index (κ3) is 5.45. The van der Waals surface area contributed by atoms with Crippen LogP contribution < -0.4 is 15.4 Å². The van der Waals surface area contributed by atoms with Crippen LogP contribution in [0, 0.1) is 0 Å². The average molecular weight is 362 g/mol. The van der Waals surface area contributed by atoms with Gasteiger partial charge in [-0.25, -0.2) is 4.98 Å². The van der Waals surface area contributed by atoms with E-state index in [1.165, 1.54) is 5.56 Å². The lowest BCUT2D eigenvalue weighted by Crippen LogP contribution is -2.10. The molecule has 140 valence electrons. The quantitative estimate of drug-likeness (QED) is 0.581. The molecule has 0 bridgehead atoms. The van der Waals surface area contributed by atoms with Gasteiger partial charge < -0.3 is 15.4 Å². The highest BCUT2D eigenvalue weighted by Crippen LogP contribution is 2.21. The Bertz CT molecular complexity index is 835. The maximum absolute atomic E-state index is 5.20. The van der Waals surface area contributed by atoms with Gasteiger partial charge in [0.1, 0.15) is 11.6 Å². The van der Waals surface area contributed by atoms with Crippen molar-refractivity contribution in [1.29, 1.82) is 0 Å². The van der Waals surface area contributed by atoms with Gasteiger partial charge in [-0.1, -0.05) is 49.4 Å². The van der Waals surface area contributed by atoms with Gasteiger partial charge in [0.05, 0.1) is 12.8 Å². The molecule has 2 N–H and O–H groups in total. The number of nitrogens with zero attached hydrogens (tertiary/aromatic N) is 2. The lowest BCUT2D eigenvalue weighted by atomic mass is 10.1. The number of hydrogen-bond donors (Lipinski definition) is 2.